The number of halogens is 2. The van der Waals surface area contributed by atoms with Gasteiger partial charge in [0.05, 0.1) is 13.2 Å². The molecule has 0 N–H and O–H groups in total. The number of hydrogen-bond donors (Lipinski definition) is 0. The van der Waals surface area contributed by atoms with Crippen LogP contribution in [0.2, 0.25) is 5.02 Å². The van der Waals surface area contributed by atoms with E-state index in [1.165, 1.54) is 11.1 Å². The lowest BCUT2D eigenvalue weighted by atomic mass is 9.90. The molecule has 2 nitrogen and oxygen atoms in total. The molecule has 0 saturated heterocycles. The van der Waals surface area contributed by atoms with Crippen LogP contribution in [0.1, 0.15) is 42.6 Å². The summed E-state index contributed by atoms with van der Waals surface area (Å²) in [7, 11) is 0. The third-order valence-corrected chi connectivity index (χ3v) is 4.38. The third kappa shape index (κ3) is 2.62. The Morgan fingerprint density at radius 1 is 1.33 bits per heavy atom. The van der Waals surface area contributed by atoms with E-state index >= 15 is 0 Å². The molecule has 0 saturated carbocycles. The van der Waals surface area contributed by atoms with E-state index in [0.29, 0.717) is 18.0 Å². The first-order valence-corrected chi connectivity index (χ1v) is 7.73. The fourth-order valence-electron chi connectivity index (χ4n) is 2.41. The van der Waals surface area contributed by atoms with Gasteiger partial charge in [0.15, 0.2) is 11.5 Å². The summed E-state index contributed by atoms with van der Waals surface area (Å²) in [5.41, 5.74) is 2.38. The second-order valence-corrected chi connectivity index (χ2v) is 5.82. The second-order valence-electron chi connectivity index (χ2n) is 4.30. The largest absolute Gasteiger partial charge is 0.490 e. The third-order valence-electron chi connectivity index (χ3n) is 3.13. The van der Waals surface area contributed by atoms with Crippen molar-refractivity contribution in [3.8, 4) is 11.5 Å². The van der Waals surface area contributed by atoms with Crippen LogP contribution in [0.25, 0.3) is 0 Å². The molecule has 0 radical (unpaired) electrons. The molecule has 1 aliphatic rings. The van der Waals surface area contributed by atoms with Gasteiger partial charge < -0.3 is 9.47 Å². The summed E-state index contributed by atoms with van der Waals surface area (Å²) in [6.45, 7) is 5.20. The van der Waals surface area contributed by atoms with Crippen molar-refractivity contribution in [3.63, 3.8) is 0 Å². The van der Waals surface area contributed by atoms with Crippen molar-refractivity contribution in [2.75, 3.05) is 13.2 Å². The molecule has 0 aromatic heterocycles. The van der Waals surface area contributed by atoms with Crippen LogP contribution in [-0.2, 0) is 6.42 Å². The molecule has 2 rings (SSSR count). The predicted octanol–water partition coefficient (Wildman–Crippen LogP) is 4.91. The van der Waals surface area contributed by atoms with Gasteiger partial charge >= 0.3 is 0 Å². The lowest BCUT2D eigenvalue weighted by molar-refractivity contribution is 0.284. The molecule has 1 aromatic rings. The first kappa shape index (κ1) is 14.0. The summed E-state index contributed by atoms with van der Waals surface area (Å²) in [5, 5.41) is 0.793. The van der Waals surface area contributed by atoms with Crippen LogP contribution < -0.4 is 9.47 Å². The minimum absolute atomic E-state index is 0.306. The van der Waals surface area contributed by atoms with Crippen molar-refractivity contribution < 1.29 is 9.47 Å². The number of fused-ring (bicyclic) bond motifs is 1. The van der Waals surface area contributed by atoms with Crippen molar-refractivity contribution in [3.05, 3.63) is 22.2 Å². The molecule has 1 aromatic carbocycles. The van der Waals surface area contributed by atoms with Crippen LogP contribution in [0.4, 0.5) is 0 Å². The van der Waals surface area contributed by atoms with Gasteiger partial charge in [0.2, 0.25) is 0 Å². The van der Waals surface area contributed by atoms with Gasteiger partial charge in [-0.25, -0.2) is 0 Å². The van der Waals surface area contributed by atoms with Crippen molar-refractivity contribution in [2.24, 2.45) is 0 Å². The van der Waals surface area contributed by atoms with Crippen LogP contribution in [0, 0.1) is 0 Å². The molecular formula is C14H18BrClO2. The Hall–Kier alpha value is -0.410. The van der Waals surface area contributed by atoms with E-state index in [0.717, 1.165) is 35.8 Å². The first-order valence-electron chi connectivity index (χ1n) is 6.43. The lowest BCUT2D eigenvalue weighted by Gasteiger charge is -2.26. The van der Waals surface area contributed by atoms with Crippen LogP contribution in [0.15, 0.2) is 6.07 Å². The average molecular weight is 334 g/mol. The molecule has 0 fully saturated rings. The highest BCUT2D eigenvalue weighted by molar-refractivity contribution is 9.09. The van der Waals surface area contributed by atoms with E-state index in [1.54, 1.807) is 0 Å². The minimum Gasteiger partial charge on any atom is -0.490 e. The van der Waals surface area contributed by atoms with E-state index in [1.807, 2.05) is 19.9 Å². The zero-order chi connectivity index (χ0) is 13.1. The van der Waals surface area contributed by atoms with Crippen molar-refractivity contribution in [1.82, 2.24) is 0 Å². The predicted molar refractivity (Wildman–Crippen MR) is 78.4 cm³/mol. The SMILES string of the molecule is CCOc1cc(Cl)c2c(c1OCC)C(Br)CCC2. The highest BCUT2D eigenvalue weighted by Gasteiger charge is 2.27. The number of rotatable bonds is 4. The zero-order valence-electron chi connectivity index (χ0n) is 10.8. The molecule has 1 aliphatic carbocycles. The van der Waals surface area contributed by atoms with Gasteiger partial charge in [0, 0.05) is 21.5 Å². The van der Waals surface area contributed by atoms with Crippen LogP contribution in [-0.4, -0.2) is 13.2 Å². The fraction of sp³-hybridized carbons (Fsp3) is 0.571. The van der Waals surface area contributed by atoms with Gasteiger partial charge in [-0.3, -0.25) is 0 Å². The molecular weight excluding hydrogens is 316 g/mol. The Balaban J connectivity index is 2.56. The van der Waals surface area contributed by atoms with Gasteiger partial charge in [-0.15, -0.1) is 0 Å². The summed E-state index contributed by atoms with van der Waals surface area (Å²) in [5.74, 6) is 1.62. The molecule has 0 spiro atoms. The molecule has 0 amide bonds. The van der Waals surface area contributed by atoms with Gasteiger partial charge in [0.1, 0.15) is 0 Å². The Morgan fingerprint density at radius 3 is 2.72 bits per heavy atom. The van der Waals surface area contributed by atoms with Crippen molar-refractivity contribution in [1.29, 1.82) is 0 Å². The number of hydrogen-bond acceptors (Lipinski definition) is 2. The minimum atomic E-state index is 0.306. The van der Waals surface area contributed by atoms with Crippen LogP contribution >= 0.6 is 27.5 Å². The average Bonchev–Trinajstić information content (AvgIpc) is 2.35. The van der Waals surface area contributed by atoms with Gasteiger partial charge in [-0.1, -0.05) is 27.5 Å². The molecule has 0 aliphatic heterocycles. The topological polar surface area (TPSA) is 18.5 Å². The van der Waals surface area contributed by atoms with Crippen LogP contribution in [0.3, 0.4) is 0 Å². The molecule has 18 heavy (non-hydrogen) atoms. The van der Waals surface area contributed by atoms with Crippen molar-refractivity contribution >= 4 is 27.5 Å². The highest BCUT2D eigenvalue weighted by Crippen LogP contribution is 2.48. The second kappa shape index (κ2) is 6.16. The zero-order valence-corrected chi connectivity index (χ0v) is 13.1. The smallest absolute Gasteiger partial charge is 0.165 e. The Morgan fingerprint density at radius 2 is 2.06 bits per heavy atom. The van der Waals surface area contributed by atoms with Gasteiger partial charge in [-0.05, 0) is 38.7 Å². The van der Waals surface area contributed by atoms with E-state index in [4.69, 9.17) is 21.1 Å². The monoisotopic (exact) mass is 332 g/mol. The Labute approximate surface area is 122 Å². The quantitative estimate of drug-likeness (QED) is 0.729. The van der Waals surface area contributed by atoms with Crippen molar-refractivity contribution in [2.45, 2.75) is 37.9 Å². The molecule has 100 valence electrons. The van der Waals surface area contributed by atoms with Crippen LogP contribution in [0.5, 0.6) is 11.5 Å². The molecule has 0 heterocycles. The fourth-order valence-corrected chi connectivity index (χ4v) is 3.51. The van der Waals surface area contributed by atoms with E-state index in [2.05, 4.69) is 15.9 Å². The maximum atomic E-state index is 6.36. The van der Waals surface area contributed by atoms with E-state index in [9.17, 15) is 0 Å². The van der Waals surface area contributed by atoms with Gasteiger partial charge in [-0.2, -0.15) is 0 Å². The Kier molecular flexibility index (Phi) is 4.79. The standard InChI is InChI=1S/C14H18BrClO2/c1-3-17-12-8-11(16)9-6-5-7-10(15)13(9)14(12)18-4-2/h8,10H,3-7H2,1-2H3. The Bertz CT molecular complexity index is 434. The number of benzene rings is 1. The molecule has 1 atom stereocenters. The molecule has 1 unspecified atom stereocenters. The van der Waals surface area contributed by atoms with Gasteiger partial charge in [0.25, 0.3) is 0 Å². The summed E-state index contributed by atoms with van der Waals surface area (Å²) < 4.78 is 11.5. The maximum Gasteiger partial charge on any atom is 0.165 e. The summed E-state index contributed by atoms with van der Waals surface area (Å²) >= 11 is 10.1. The number of ether oxygens (including phenoxy) is 2. The maximum absolute atomic E-state index is 6.36. The normalized spacial score (nSPS) is 18.3. The highest BCUT2D eigenvalue weighted by atomic mass is 79.9. The van der Waals surface area contributed by atoms with E-state index < -0.39 is 0 Å². The first-order chi connectivity index (χ1) is 8.69. The molecule has 4 heteroatoms. The van der Waals surface area contributed by atoms with E-state index in [-0.39, 0.29) is 0 Å². The number of alkyl halides is 1. The summed E-state index contributed by atoms with van der Waals surface area (Å²) in [4.78, 5) is 0.306. The summed E-state index contributed by atoms with van der Waals surface area (Å²) in [6.07, 6.45) is 3.28. The lowest BCUT2D eigenvalue weighted by Crippen LogP contribution is -2.11. The summed E-state index contributed by atoms with van der Waals surface area (Å²) in [6, 6.07) is 1.89. The molecule has 0 bridgehead atoms.